The Morgan fingerprint density at radius 1 is 1.35 bits per heavy atom. The number of aliphatic hydroxyl groups excluding tert-OH is 1. The van der Waals surface area contributed by atoms with Crippen molar-refractivity contribution in [1.29, 1.82) is 0 Å². The zero-order chi connectivity index (χ0) is 12.8. The van der Waals surface area contributed by atoms with Gasteiger partial charge in [-0.1, -0.05) is 0 Å². The van der Waals surface area contributed by atoms with Crippen LogP contribution >= 0.6 is 0 Å². The Morgan fingerprint density at radius 2 is 2.00 bits per heavy atom. The summed E-state index contributed by atoms with van der Waals surface area (Å²) in [5.74, 6) is -0.613. The van der Waals surface area contributed by atoms with Crippen molar-refractivity contribution in [2.75, 3.05) is 0 Å². The fourth-order valence-electron chi connectivity index (χ4n) is 2.27. The Bertz CT molecular complexity index is 245. The van der Waals surface area contributed by atoms with Crippen LogP contribution in [0.25, 0.3) is 0 Å². The van der Waals surface area contributed by atoms with Gasteiger partial charge in [0.25, 0.3) is 0 Å². The van der Waals surface area contributed by atoms with Gasteiger partial charge >= 0.3 is 112 Å². The third-order valence-corrected chi connectivity index (χ3v) is 4.83. The topological polar surface area (TPSA) is 46.5 Å². The standard InChI is InChI=1S/C13H23O3Se/c1-3-4-5-6-7-8-10(14)11-12(17)9(2)16-13(11)15/h9-12,14H,3-8H2,1-2H3. The van der Waals surface area contributed by atoms with Gasteiger partial charge in [-0.25, -0.2) is 0 Å². The second kappa shape index (κ2) is 7.40. The summed E-state index contributed by atoms with van der Waals surface area (Å²) in [6.45, 7) is 4.05. The Kier molecular flexibility index (Phi) is 6.53. The summed E-state index contributed by atoms with van der Waals surface area (Å²) in [4.78, 5) is 11.6. The first-order valence-electron chi connectivity index (χ1n) is 6.62. The van der Waals surface area contributed by atoms with Gasteiger partial charge in [-0.2, -0.15) is 0 Å². The normalized spacial score (nSPS) is 30.4. The van der Waals surface area contributed by atoms with E-state index in [0.29, 0.717) is 6.42 Å². The van der Waals surface area contributed by atoms with Crippen LogP contribution in [0.5, 0.6) is 0 Å². The Hall–Kier alpha value is -0.0505. The first-order valence-corrected chi connectivity index (χ1v) is 7.61. The molecule has 4 unspecified atom stereocenters. The average Bonchev–Trinajstić information content (AvgIpc) is 2.53. The van der Waals surface area contributed by atoms with E-state index < -0.39 is 6.10 Å². The van der Waals surface area contributed by atoms with Crippen LogP contribution in [-0.2, 0) is 9.53 Å². The zero-order valence-corrected chi connectivity index (χ0v) is 12.4. The van der Waals surface area contributed by atoms with E-state index in [1.54, 1.807) is 0 Å². The summed E-state index contributed by atoms with van der Waals surface area (Å²) in [6, 6.07) is 0. The Labute approximate surface area is 112 Å². The van der Waals surface area contributed by atoms with Crippen LogP contribution < -0.4 is 0 Å². The molecule has 0 aromatic rings. The molecule has 17 heavy (non-hydrogen) atoms. The second-order valence-electron chi connectivity index (χ2n) is 4.90. The molecule has 4 atom stereocenters. The van der Waals surface area contributed by atoms with Gasteiger partial charge in [-0.15, -0.1) is 0 Å². The number of aliphatic hydroxyl groups is 1. The third kappa shape index (κ3) is 4.27. The molecule has 0 aromatic carbocycles. The molecular weight excluding hydrogens is 283 g/mol. The zero-order valence-electron chi connectivity index (χ0n) is 10.7. The van der Waals surface area contributed by atoms with Crippen LogP contribution in [0.2, 0.25) is 4.82 Å². The minimum atomic E-state index is -0.555. The van der Waals surface area contributed by atoms with Gasteiger partial charge in [-0.3, -0.25) is 0 Å². The molecule has 1 rings (SSSR count). The molecule has 1 N–H and O–H groups in total. The van der Waals surface area contributed by atoms with Crippen molar-refractivity contribution in [1.82, 2.24) is 0 Å². The van der Waals surface area contributed by atoms with Crippen molar-refractivity contribution < 1.29 is 14.6 Å². The van der Waals surface area contributed by atoms with Crippen LogP contribution in [0.15, 0.2) is 0 Å². The van der Waals surface area contributed by atoms with Gasteiger partial charge in [0.2, 0.25) is 0 Å². The summed E-state index contributed by atoms with van der Waals surface area (Å²) < 4.78 is 5.12. The summed E-state index contributed by atoms with van der Waals surface area (Å²) in [7, 11) is 0. The number of esters is 1. The van der Waals surface area contributed by atoms with Crippen molar-refractivity contribution in [2.45, 2.75) is 69.4 Å². The van der Waals surface area contributed by atoms with Crippen LogP contribution in [0, 0.1) is 5.92 Å². The van der Waals surface area contributed by atoms with Gasteiger partial charge in [0.05, 0.1) is 0 Å². The fourth-order valence-corrected chi connectivity index (χ4v) is 3.00. The van der Waals surface area contributed by atoms with E-state index in [1.165, 1.54) is 19.3 Å². The Morgan fingerprint density at radius 3 is 2.53 bits per heavy atom. The first-order chi connectivity index (χ1) is 8.07. The van der Waals surface area contributed by atoms with Gasteiger partial charge in [-0.05, 0) is 0 Å². The van der Waals surface area contributed by atoms with E-state index in [-0.39, 0.29) is 22.8 Å². The van der Waals surface area contributed by atoms with E-state index in [4.69, 9.17) is 4.74 Å². The van der Waals surface area contributed by atoms with Gasteiger partial charge in [0.1, 0.15) is 0 Å². The monoisotopic (exact) mass is 307 g/mol. The van der Waals surface area contributed by atoms with E-state index in [2.05, 4.69) is 22.9 Å². The molecular formula is C13H23O3Se. The maximum atomic E-state index is 11.6. The Balaban J connectivity index is 2.27. The summed E-state index contributed by atoms with van der Waals surface area (Å²) in [5.41, 5.74) is 0. The molecule has 1 saturated heterocycles. The number of carbonyl (C=O) groups excluding carboxylic acids is 1. The van der Waals surface area contributed by atoms with Crippen LogP contribution in [0.4, 0.5) is 0 Å². The maximum absolute atomic E-state index is 11.6. The molecule has 4 heteroatoms. The van der Waals surface area contributed by atoms with Crippen molar-refractivity contribution in [2.24, 2.45) is 5.92 Å². The summed E-state index contributed by atoms with van der Waals surface area (Å²) in [6.07, 6.45) is 5.86. The SMILES string of the molecule is CCCCCCCC(O)C1C(=O)OC(C)C1[Se]. The van der Waals surface area contributed by atoms with E-state index >= 15 is 0 Å². The quantitative estimate of drug-likeness (QED) is 0.446. The van der Waals surface area contributed by atoms with Crippen LogP contribution in [0.3, 0.4) is 0 Å². The molecule has 0 saturated carbocycles. The first kappa shape index (κ1) is 15.0. The predicted molar refractivity (Wildman–Crippen MR) is 67.9 cm³/mol. The molecule has 0 aliphatic carbocycles. The van der Waals surface area contributed by atoms with Gasteiger partial charge in [0, 0.05) is 0 Å². The molecule has 1 aliphatic heterocycles. The van der Waals surface area contributed by atoms with Gasteiger partial charge in [0.15, 0.2) is 0 Å². The number of carbonyl (C=O) groups is 1. The summed E-state index contributed by atoms with van der Waals surface area (Å²) in [5, 5.41) is 10.0. The number of hydrogen-bond donors (Lipinski definition) is 1. The molecule has 1 aliphatic rings. The average molecular weight is 306 g/mol. The van der Waals surface area contributed by atoms with Crippen molar-refractivity contribution >= 4 is 22.0 Å². The number of cyclic esters (lactones) is 1. The molecule has 1 radical (unpaired) electrons. The van der Waals surface area contributed by atoms with Crippen LogP contribution in [-0.4, -0.2) is 39.3 Å². The number of hydrogen-bond acceptors (Lipinski definition) is 3. The molecule has 0 amide bonds. The second-order valence-corrected chi connectivity index (χ2v) is 6.04. The van der Waals surface area contributed by atoms with Crippen molar-refractivity contribution in [3.05, 3.63) is 0 Å². The number of rotatable bonds is 7. The molecule has 3 nitrogen and oxygen atoms in total. The summed E-state index contributed by atoms with van der Waals surface area (Å²) >= 11 is 2.95. The van der Waals surface area contributed by atoms with E-state index in [0.717, 1.165) is 12.8 Å². The van der Waals surface area contributed by atoms with E-state index in [9.17, 15) is 9.90 Å². The van der Waals surface area contributed by atoms with Crippen molar-refractivity contribution in [3.63, 3.8) is 0 Å². The van der Waals surface area contributed by atoms with Crippen LogP contribution in [0.1, 0.15) is 52.4 Å². The van der Waals surface area contributed by atoms with Gasteiger partial charge < -0.3 is 0 Å². The van der Waals surface area contributed by atoms with Crippen molar-refractivity contribution in [3.8, 4) is 0 Å². The molecule has 0 aromatic heterocycles. The molecule has 0 spiro atoms. The number of ether oxygens (including phenoxy) is 1. The molecule has 1 fully saturated rings. The van der Waals surface area contributed by atoms with E-state index in [1.807, 2.05) is 6.92 Å². The molecule has 1 heterocycles. The third-order valence-electron chi connectivity index (χ3n) is 3.41. The predicted octanol–water partition coefficient (Wildman–Crippen LogP) is 2.23. The fraction of sp³-hybridized carbons (Fsp3) is 0.923. The minimum absolute atomic E-state index is 0.00754. The number of unbranched alkanes of at least 4 members (excludes halogenated alkanes) is 4. The molecule has 99 valence electrons. The molecule has 0 bridgehead atoms.